The van der Waals surface area contributed by atoms with Crippen LogP contribution >= 0.6 is 15.9 Å². The molecule has 2 fully saturated rings. The maximum absolute atomic E-state index is 13.3. The maximum Gasteiger partial charge on any atom is 0.274 e. The number of aliphatic hydroxyl groups excluding tert-OH is 1. The number of nitrogens with one attached hydrogen (secondary N) is 2. The molecule has 3 aliphatic rings. The average molecular weight is 760 g/mol. The molecule has 2 unspecified atom stereocenters. The SMILES string of the molecule is CN1C[C@H](Nc2nc3ccccn3c(=O)c2Br)C[C@H](c2ccc(OCCCCOc3cccc4c3C(=O)N(C3CCC(=O)NC3=O)C4O)cc2)C1. The third-order valence-corrected chi connectivity index (χ3v) is 10.4. The number of halogens is 1. The Balaban J connectivity index is 0.886. The normalized spacial score (nSPS) is 22.2. The Morgan fingerprint density at radius 2 is 1.76 bits per heavy atom. The number of anilines is 1. The highest BCUT2D eigenvalue weighted by molar-refractivity contribution is 9.10. The summed E-state index contributed by atoms with van der Waals surface area (Å²) in [4.78, 5) is 58.3. The number of aliphatic hydroxyl groups is 1. The summed E-state index contributed by atoms with van der Waals surface area (Å²) in [6.45, 7) is 2.57. The minimum atomic E-state index is -1.29. The number of piperidine rings is 2. The van der Waals surface area contributed by atoms with Crippen LogP contribution in [0.25, 0.3) is 5.65 Å². The minimum Gasteiger partial charge on any atom is -0.494 e. The quantitative estimate of drug-likeness (QED) is 0.152. The molecule has 4 atom stereocenters. The number of hydrogen-bond acceptors (Lipinski definition) is 10. The van der Waals surface area contributed by atoms with Gasteiger partial charge in [-0.05, 0) is 90.5 Å². The lowest BCUT2D eigenvalue weighted by atomic mass is 9.88. The fourth-order valence-electron chi connectivity index (χ4n) is 7.20. The van der Waals surface area contributed by atoms with Crippen molar-refractivity contribution in [3.05, 3.63) is 98.4 Å². The number of unbranched alkanes of at least 4 members (excludes halogenated alkanes) is 1. The van der Waals surface area contributed by atoms with Crippen LogP contribution in [0, 0.1) is 0 Å². The van der Waals surface area contributed by atoms with E-state index in [1.807, 2.05) is 24.3 Å². The topological polar surface area (TPSA) is 155 Å². The molecule has 0 aliphatic carbocycles. The molecule has 5 heterocycles. The van der Waals surface area contributed by atoms with Crippen molar-refractivity contribution in [2.45, 2.75) is 56.3 Å². The van der Waals surface area contributed by atoms with Gasteiger partial charge in [0.15, 0.2) is 6.23 Å². The first kappa shape index (κ1) is 34.6. The molecule has 266 valence electrons. The predicted octanol–water partition coefficient (Wildman–Crippen LogP) is 3.85. The van der Waals surface area contributed by atoms with E-state index in [2.05, 4.69) is 55.6 Å². The number of imide groups is 1. The fraction of sp³-hybridized carbons (Fsp3) is 0.378. The van der Waals surface area contributed by atoms with Gasteiger partial charge < -0.3 is 24.8 Å². The molecule has 13 nitrogen and oxygen atoms in total. The summed E-state index contributed by atoms with van der Waals surface area (Å²) in [5, 5.41) is 16.6. The van der Waals surface area contributed by atoms with Gasteiger partial charge >= 0.3 is 0 Å². The Kier molecular flexibility index (Phi) is 10.1. The van der Waals surface area contributed by atoms with Crippen LogP contribution in [0.3, 0.4) is 0 Å². The highest BCUT2D eigenvalue weighted by Gasteiger charge is 2.45. The first-order chi connectivity index (χ1) is 24.7. The van der Waals surface area contributed by atoms with Crippen molar-refractivity contribution in [1.82, 2.24) is 24.5 Å². The largest absolute Gasteiger partial charge is 0.494 e. The van der Waals surface area contributed by atoms with Gasteiger partial charge in [0.05, 0.1) is 18.8 Å². The van der Waals surface area contributed by atoms with Gasteiger partial charge in [-0.2, -0.15) is 0 Å². The Hall–Kier alpha value is -4.79. The Morgan fingerprint density at radius 3 is 2.55 bits per heavy atom. The number of aromatic nitrogens is 2. The van der Waals surface area contributed by atoms with Crippen LogP contribution in [-0.4, -0.2) is 87.4 Å². The molecular weight excluding hydrogens is 720 g/mol. The van der Waals surface area contributed by atoms with E-state index in [-0.39, 0.29) is 41.8 Å². The Labute approximate surface area is 302 Å². The van der Waals surface area contributed by atoms with E-state index >= 15 is 0 Å². The number of likely N-dealkylation sites (N-methyl/N-ethyl adjacent to an activating group) is 1. The summed E-state index contributed by atoms with van der Waals surface area (Å²) in [5.41, 5.74) is 2.28. The van der Waals surface area contributed by atoms with Crippen molar-refractivity contribution in [3.63, 3.8) is 0 Å². The summed E-state index contributed by atoms with van der Waals surface area (Å²) in [5.74, 6) is 0.497. The summed E-state index contributed by atoms with van der Waals surface area (Å²) in [6, 6.07) is 17.9. The first-order valence-electron chi connectivity index (χ1n) is 17.1. The molecule has 3 aliphatic heterocycles. The number of nitrogens with zero attached hydrogens (tertiary/aromatic N) is 4. The molecule has 3 N–H and O–H groups in total. The van der Waals surface area contributed by atoms with E-state index in [0.717, 1.165) is 36.6 Å². The van der Waals surface area contributed by atoms with Crippen molar-refractivity contribution < 1.29 is 29.0 Å². The summed E-state index contributed by atoms with van der Waals surface area (Å²) < 4.78 is 13.9. The van der Waals surface area contributed by atoms with Gasteiger partial charge in [0, 0.05) is 37.3 Å². The van der Waals surface area contributed by atoms with Crippen LogP contribution < -0.4 is 25.7 Å². The standard InChI is InChI=1S/C37H39BrN6O7/c1-42-20-23(19-24(21-42)39-33-32(38)37(49)43-16-3-2-9-29(43)40-33)22-10-12-25(13-11-22)50-17-4-5-18-51-28-8-6-7-26-31(28)36(48)44(35(26)47)27-14-15-30(45)41-34(27)46/h2-3,6-13,16,23-24,27,35,39,47H,4-5,14-15,17-21H2,1H3,(H,41,45,46)/t23-,24+,27?,35?/m0/s1. The van der Waals surface area contributed by atoms with Gasteiger partial charge in [0.2, 0.25) is 11.8 Å². The molecule has 4 aromatic rings. The lowest BCUT2D eigenvalue weighted by Gasteiger charge is -2.36. The van der Waals surface area contributed by atoms with Crippen LogP contribution in [-0.2, 0) is 9.59 Å². The second-order valence-electron chi connectivity index (χ2n) is 13.2. The summed E-state index contributed by atoms with van der Waals surface area (Å²) in [6.07, 6.45) is 2.96. The third kappa shape index (κ3) is 7.21. The third-order valence-electron chi connectivity index (χ3n) is 9.66. The Morgan fingerprint density at radius 1 is 0.980 bits per heavy atom. The van der Waals surface area contributed by atoms with E-state index in [1.165, 1.54) is 9.96 Å². The molecule has 0 saturated carbocycles. The first-order valence-corrected chi connectivity index (χ1v) is 17.9. The van der Waals surface area contributed by atoms with Gasteiger partial charge in [-0.25, -0.2) is 4.98 Å². The number of carbonyl (C=O) groups is 3. The van der Waals surface area contributed by atoms with Crippen LogP contribution in [0.5, 0.6) is 11.5 Å². The average Bonchev–Trinajstić information content (AvgIpc) is 3.38. The molecule has 51 heavy (non-hydrogen) atoms. The summed E-state index contributed by atoms with van der Waals surface area (Å²) in [7, 11) is 2.10. The number of fused-ring (bicyclic) bond motifs is 2. The van der Waals surface area contributed by atoms with E-state index < -0.39 is 24.1 Å². The number of carbonyl (C=O) groups excluding carboxylic acids is 3. The monoisotopic (exact) mass is 758 g/mol. The molecule has 7 rings (SSSR count). The predicted molar refractivity (Wildman–Crippen MR) is 192 cm³/mol. The fourth-order valence-corrected chi connectivity index (χ4v) is 7.59. The number of hydrogen-bond donors (Lipinski definition) is 3. The van der Waals surface area contributed by atoms with Gasteiger partial charge in [-0.15, -0.1) is 0 Å². The number of benzene rings is 2. The maximum atomic E-state index is 13.3. The van der Waals surface area contributed by atoms with Crippen molar-refractivity contribution in [2.24, 2.45) is 0 Å². The molecule has 14 heteroatoms. The second-order valence-corrected chi connectivity index (χ2v) is 14.0. The lowest BCUT2D eigenvalue weighted by molar-refractivity contribution is -0.139. The van der Waals surface area contributed by atoms with Gasteiger partial charge in [-0.1, -0.05) is 30.3 Å². The van der Waals surface area contributed by atoms with Crippen LogP contribution in [0.15, 0.2) is 76.1 Å². The van der Waals surface area contributed by atoms with Crippen molar-refractivity contribution in [3.8, 4) is 11.5 Å². The molecule has 0 bridgehead atoms. The van der Waals surface area contributed by atoms with Gasteiger partial charge in [0.1, 0.15) is 33.5 Å². The van der Waals surface area contributed by atoms with Crippen molar-refractivity contribution in [2.75, 3.05) is 38.7 Å². The van der Waals surface area contributed by atoms with E-state index in [0.29, 0.717) is 46.9 Å². The molecule has 0 radical (unpaired) electrons. The van der Waals surface area contributed by atoms with Crippen LogP contribution in [0.1, 0.15) is 65.7 Å². The van der Waals surface area contributed by atoms with E-state index in [9.17, 15) is 24.3 Å². The van der Waals surface area contributed by atoms with Gasteiger partial charge in [0.25, 0.3) is 11.5 Å². The number of amides is 3. The summed E-state index contributed by atoms with van der Waals surface area (Å²) >= 11 is 3.45. The number of pyridine rings is 1. The molecule has 0 spiro atoms. The number of ether oxygens (including phenoxy) is 2. The van der Waals surface area contributed by atoms with Crippen LogP contribution in [0.2, 0.25) is 0 Å². The second kappa shape index (κ2) is 14.8. The zero-order valence-corrected chi connectivity index (χ0v) is 29.7. The molecular formula is C37H39BrN6O7. The number of rotatable bonds is 11. The lowest BCUT2D eigenvalue weighted by Crippen LogP contribution is -2.53. The Bertz CT molecular complexity index is 2020. The van der Waals surface area contributed by atoms with Crippen molar-refractivity contribution >= 4 is 45.1 Å². The smallest absolute Gasteiger partial charge is 0.274 e. The minimum absolute atomic E-state index is 0.101. The zero-order valence-electron chi connectivity index (χ0n) is 28.1. The molecule has 2 aromatic heterocycles. The molecule has 2 saturated heterocycles. The van der Waals surface area contributed by atoms with Gasteiger partial charge in [-0.3, -0.25) is 33.8 Å². The molecule has 3 amide bonds. The highest BCUT2D eigenvalue weighted by Crippen LogP contribution is 2.39. The number of likely N-dealkylation sites (tertiary alicyclic amines) is 1. The van der Waals surface area contributed by atoms with Crippen LogP contribution in [0.4, 0.5) is 5.82 Å². The molecule has 2 aromatic carbocycles. The zero-order chi connectivity index (χ0) is 35.6. The van der Waals surface area contributed by atoms with E-state index in [1.54, 1.807) is 30.5 Å². The van der Waals surface area contributed by atoms with E-state index in [4.69, 9.17) is 9.47 Å². The van der Waals surface area contributed by atoms with Crippen molar-refractivity contribution in [1.29, 1.82) is 0 Å². The highest BCUT2D eigenvalue weighted by atomic mass is 79.9.